The first-order valence-corrected chi connectivity index (χ1v) is 11.6. The molecule has 11 heteroatoms. The average molecular weight is 487 g/mol. The Morgan fingerprint density at radius 2 is 1.76 bits per heavy atom. The van der Waals surface area contributed by atoms with Crippen LogP contribution in [0.25, 0.3) is 10.8 Å². The summed E-state index contributed by atoms with van der Waals surface area (Å²) in [6, 6.07) is 13.0. The number of pyridine rings is 2. The van der Waals surface area contributed by atoms with E-state index in [0.29, 0.717) is 17.6 Å². The fourth-order valence-corrected chi connectivity index (χ4v) is 3.80. The van der Waals surface area contributed by atoms with Crippen LogP contribution < -0.4 is 10.1 Å². The molecule has 2 heterocycles. The predicted molar refractivity (Wildman–Crippen MR) is 119 cm³/mol. The van der Waals surface area contributed by atoms with E-state index < -0.39 is 33.0 Å². The van der Waals surface area contributed by atoms with Crippen LogP contribution in [0.3, 0.4) is 0 Å². The third-order valence-electron chi connectivity index (χ3n) is 4.78. The van der Waals surface area contributed by atoms with Gasteiger partial charge in [-0.05, 0) is 24.3 Å². The molecule has 1 amide bonds. The summed E-state index contributed by atoms with van der Waals surface area (Å²) in [5.74, 6) is -1.14. The van der Waals surface area contributed by atoms with E-state index in [1.165, 1.54) is 30.5 Å². The van der Waals surface area contributed by atoms with Gasteiger partial charge in [-0.3, -0.25) is 9.78 Å². The van der Waals surface area contributed by atoms with Gasteiger partial charge in [0.1, 0.15) is 5.56 Å². The maximum absolute atomic E-state index is 13.3. The summed E-state index contributed by atoms with van der Waals surface area (Å²) in [6.45, 7) is 0. The van der Waals surface area contributed by atoms with Crippen molar-refractivity contribution in [1.29, 1.82) is 0 Å². The summed E-state index contributed by atoms with van der Waals surface area (Å²) in [5.41, 5.74) is -1.57. The normalized spacial score (nSPS) is 11.9. The van der Waals surface area contributed by atoms with Crippen LogP contribution in [0, 0.1) is 0 Å². The monoisotopic (exact) mass is 487 g/mol. The zero-order valence-corrected chi connectivity index (χ0v) is 18.3. The predicted octanol–water partition coefficient (Wildman–Crippen LogP) is 5.10. The standard InChI is InChI=1S/C23H16F3N3O4S/c1-34(31,32)17-7-4-6-16(10-17)29-21(30)19-9-15(23(24,25)26)12-28-22(19)33-20-13-27-11-14-5-2-3-8-18(14)20/h2-13H,1H3,(H,29,30). The average Bonchev–Trinajstić information content (AvgIpc) is 2.78. The Kier molecular flexibility index (Phi) is 5.96. The van der Waals surface area contributed by atoms with E-state index in [-0.39, 0.29) is 22.2 Å². The van der Waals surface area contributed by atoms with Crippen molar-refractivity contribution in [3.05, 3.63) is 84.3 Å². The first-order chi connectivity index (χ1) is 16.0. The number of rotatable bonds is 5. The van der Waals surface area contributed by atoms with Crippen LogP contribution in [0.4, 0.5) is 18.9 Å². The molecule has 4 rings (SSSR count). The van der Waals surface area contributed by atoms with Gasteiger partial charge in [-0.15, -0.1) is 0 Å². The van der Waals surface area contributed by atoms with Gasteiger partial charge in [-0.2, -0.15) is 13.2 Å². The summed E-state index contributed by atoms with van der Waals surface area (Å²) in [4.78, 5) is 20.7. The van der Waals surface area contributed by atoms with Gasteiger partial charge in [0, 0.05) is 35.1 Å². The van der Waals surface area contributed by atoms with E-state index in [9.17, 15) is 26.4 Å². The van der Waals surface area contributed by atoms with E-state index in [1.54, 1.807) is 30.5 Å². The maximum atomic E-state index is 13.3. The van der Waals surface area contributed by atoms with Crippen molar-refractivity contribution < 1.29 is 31.1 Å². The van der Waals surface area contributed by atoms with Gasteiger partial charge < -0.3 is 10.1 Å². The number of carbonyl (C=O) groups is 1. The minimum Gasteiger partial charge on any atom is -0.436 e. The SMILES string of the molecule is CS(=O)(=O)c1cccc(NC(=O)c2cc(C(F)(F)F)cnc2Oc2cncc3ccccc23)c1. The molecule has 0 aliphatic rings. The smallest absolute Gasteiger partial charge is 0.417 e. The molecule has 0 radical (unpaired) electrons. The number of amides is 1. The molecule has 0 aliphatic heterocycles. The number of anilines is 1. The molecule has 1 N–H and O–H groups in total. The summed E-state index contributed by atoms with van der Waals surface area (Å²) >= 11 is 0. The van der Waals surface area contributed by atoms with Crippen molar-refractivity contribution in [2.45, 2.75) is 11.1 Å². The number of halogens is 3. The van der Waals surface area contributed by atoms with Gasteiger partial charge in [0.05, 0.1) is 16.7 Å². The summed E-state index contributed by atoms with van der Waals surface area (Å²) < 4.78 is 69.3. The molecule has 0 atom stereocenters. The Morgan fingerprint density at radius 3 is 2.50 bits per heavy atom. The first kappa shape index (κ1) is 23.2. The number of nitrogens with one attached hydrogen (secondary N) is 1. The Hall–Kier alpha value is -3.99. The fraction of sp³-hybridized carbons (Fsp3) is 0.0870. The van der Waals surface area contributed by atoms with E-state index in [4.69, 9.17) is 4.74 Å². The van der Waals surface area contributed by atoms with Gasteiger partial charge >= 0.3 is 6.18 Å². The van der Waals surface area contributed by atoms with Gasteiger partial charge in [-0.25, -0.2) is 13.4 Å². The molecule has 0 spiro atoms. The molecular formula is C23H16F3N3O4S. The minimum atomic E-state index is -4.75. The van der Waals surface area contributed by atoms with Gasteiger partial charge in [-0.1, -0.05) is 30.3 Å². The number of aromatic nitrogens is 2. The van der Waals surface area contributed by atoms with Crippen molar-refractivity contribution in [3.8, 4) is 11.6 Å². The van der Waals surface area contributed by atoms with E-state index in [0.717, 1.165) is 11.6 Å². The van der Waals surface area contributed by atoms with Crippen molar-refractivity contribution in [2.75, 3.05) is 11.6 Å². The molecule has 34 heavy (non-hydrogen) atoms. The second kappa shape index (κ2) is 8.75. The van der Waals surface area contributed by atoms with Crippen molar-refractivity contribution in [3.63, 3.8) is 0 Å². The van der Waals surface area contributed by atoms with E-state index in [2.05, 4.69) is 15.3 Å². The highest BCUT2D eigenvalue weighted by Crippen LogP contribution is 2.34. The summed E-state index contributed by atoms with van der Waals surface area (Å²) in [7, 11) is -3.57. The van der Waals surface area contributed by atoms with Crippen LogP contribution in [0.1, 0.15) is 15.9 Å². The molecule has 0 saturated carbocycles. The number of ether oxygens (including phenoxy) is 1. The second-order valence-corrected chi connectivity index (χ2v) is 9.31. The molecule has 0 fully saturated rings. The molecule has 174 valence electrons. The topological polar surface area (TPSA) is 98.2 Å². The minimum absolute atomic E-state index is 0.0641. The van der Waals surface area contributed by atoms with Crippen LogP contribution in [0.5, 0.6) is 11.6 Å². The number of carbonyl (C=O) groups excluding carboxylic acids is 1. The Balaban J connectivity index is 1.75. The second-order valence-electron chi connectivity index (χ2n) is 7.29. The molecule has 0 bridgehead atoms. The van der Waals surface area contributed by atoms with Crippen LogP contribution in [-0.2, 0) is 16.0 Å². The van der Waals surface area contributed by atoms with Crippen molar-refractivity contribution in [2.24, 2.45) is 0 Å². The first-order valence-electron chi connectivity index (χ1n) is 9.72. The van der Waals surface area contributed by atoms with Gasteiger partial charge in [0.2, 0.25) is 5.88 Å². The Bertz CT molecular complexity index is 1500. The van der Waals surface area contributed by atoms with Crippen molar-refractivity contribution in [1.82, 2.24) is 9.97 Å². The van der Waals surface area contributed by atoms with Crippen LogP contribution in [-0.4, -0.2) is 30.5 Å². The number of benzene rings is 2. The van der Waals surface area contributed by atoms with E-state index in [1.807, 2.05) is 0 Å². The number of hydrogen-bond acceptors (Lipinski definition) is 6. The van der Waals surface area contributed by atoms with Crippen LogP contribution >= 0.6 is 0 Å². The van der Waals surface area contributed by atoms with Crippen LogP contribution in [0.2, 0.25) is 0 Å². The molecule has 7 nitrogen and oxygen atoms in total. The fourth-order valence-electron chi connectivity index (χ4n) is 3.13. The lowest BCUT2D eigenvalue weighted by Gasteiger charge is -2.14. The third kappa shape index (κ3) is 4.99. The zero-order chi connectivity index (χ0) is 24.5. The quantitative estimate of drug-likeness (QED) is 0.421. The molecule has 2 aromatic carbocycles. The largest absolute Gasteiger partial charge is 0.436 e. The lowest BCUT2D eigenvalue weighted by Crippen LogP contribution is -2.16. The summed E-state index contributed by atoms with van der Waals surface area (Å²) in [5, 5.41) is 3.74. The highest BCUT2D eigenvalue weighted by atomic mass is 32.2. The maximum Gasteiger partial charge on any atom is 0.417 e. The Morgan fingerprint density at radius 1 is 1.00 bits per heavy atom. The zero-order valence-electron chi connectivity index (χ0n) is 17.5. The lowest BCUT2D eigenvalue weighted by molar-refractivity contribution is -0.137. The number of fused-ring (bicyclic) bond motifs is 1. The Labute approximate surface area is 192 Å². The highest BCUT2D eigenvalue weighted by molar-refractivity contribution is 7.90. The number of alkyl halides is 3. The van der Waals surface area contributed by atoms with Gasteiger partial charge in [0.15, 0.2) is 15.6 Å². The molecule has 0 unspecified atom stereocenters. The number of nitrogens with zero attached hydrogens (tertiary/aromatic N) is 2. The van der Waals surface area contributed by atoms with Crippen LogP contribution in [0.15, 0.2) is 78.1 Å². The third-order valence-corrected chi connectivity index (χ3v) is 5.89. The molecule has 0 aliphatic carbocycles. The molecule has 0 saturated heterocycles. The van der Waals surface area contributed by atoms with Crippen molar-refractivity contribution >= 4 is 32.2 Å². The van der Waals surface area contributed by atoms with E-state index >= 15 is 0 Å². The highest BCUT2D eigenvalue weighted by Gasteiger charge is 2.33. The van der Waals surface area contributed by atoms with Gasteiger partial charge in [0.25, 0.3) is 5.91 Å². The number of hydrogen-bond donors (Lipinski definition) is 1. The molecule has 2 aromatic heterocycles. The number of sulfone groups is 1. The summed E-state index contributed by atoms with van der Waals surface area (Å²) in [6.07, 6.45) is -0.245. The lowest BCUT2D eigenvalue weighted by atomic mass is 10.1. The molecular weight excluding hydrogens is 471 g/mol. The molecule has 4 aromatic rings.